The lowest BCUT2D eigenvalue weighted by Crippen LogP contribution is -1.99. The van der Waals surface area contributed by atoms with Gasteiger partial charge in [0, 0.05) is 25.0 Å². The molecule has 0 saturated heterocycles. The van der Waals surface area contributed by atoms with Gasteiger partial charge in [-0.3, -0.25) is 4.68 Å². The van der Waals surface area contributed by atoms with Crippen molar-refractivity contribution < 1.29 is 9.90 Å². The molecule has 5 heteroatoms. The van der Waals surface area contributed by atoms with Gasteiger partial charge in [0.15, 0.2) is 0 Å². The van der Waals surface area contributed by atoms with Gasteiger partial charge in [0.2, 0.25) is 0 Å². The van der Waals surface area contributed by atoms with E-state index in [-0.39, 0.29) is 5.56 Å². The first kappa shape index (κ1) is 8.55. The fourth-order valence-electron chi connectivity index (χ4n) is 1.41. The molecular formula is C9H9N3O2. The summed E-state index contributed by atoms with van der Waals surface area (Å²) in [7, 11) is 1.72. The number of aromatic carboxylic acids is 1. The highest BCUT2D eigenvalue weighted by Gasteiger charge is 2.16. The van der Waals surface area contributed by atoms with Crippen molar-refractivity contribution in [2.24, 2.45) is 7.05 Å². The number of hydrogen-bond donors (Lipinski definition) is 2. The lowest BCUT2D eigenvalue weighted by Gasteiger charge is -1.99. The maximum Gasteiger partial charge on any atom is 0.339 e. The zero-order valence-corrected chi connectivity index (χ0v) is 7.56. The molecule has 72 valence electrons. The van der Waals surface area contributed by atoms with Gasteiger partial charge in [0.25, 0.3) is 0 Å². The largest absolute Gasteiger partial charge is 0.478 e. The smallest absolute Gasteiger partial charge is 0.339 e. The molecule has 14 heavy (non-hydrogen) atoms. The van der Waals surface area contributed by atoms with Crippen LogP contribution in [0.1, 0.15) is 10.4 Å². The molecule has 0 aromatic carbocycles. The molecule has 2 heterocycles. The van der Waals surface area contributed by atoms with E-state index in [1.54, 1.807) is 24.1 Å². The number of carboxylic acids is 1. The summed E-state index contributed by atoms with van der Waals surface area (Å²) < 4.78 is 1.55. The minimum Gasteiger partial charge on any atom is -0.478 e. The van der Waals surface area contributed by atoms with E-state index in [4.69, 9.17) is 5.11 Å². The lowest BCUT2D eigenvalue weighted by molar-refractivity contribution is 0.0697. The van der Waals surface area contributed by atoms with Gasteiger partial charge in [-0.2, -0.15) is 5.10 Å². The van der Waals surface area contributed by atoms with Crippen LogP contribution in [0.5, 0.6) is 0 Å². The third-order valence-corrected chi connectivity index (χ3v) is 2.04. The Bertz CT molecular complexity index is 456. The molecule has 0 amide bonds. The summed E-state index contributed by atoms with van der Waals surface area (Å²) in [6.07, 6.45) is 4.84. The summed E-state index contributed by atoms with van der Waals surface area (Å²) in [5.41, 5.74) is 1.65. The molecule has 0 aliphatic rings. The molecule has 5 nitrogen and oxygen atoms in total. The van der Waals surface area contributed by atoms with Crippen LogP contribution in [-0.4, -0.2) is 25.8 Å². The van der Waals surface area contributed by atoms with Gasteiger partial charge in [-0.05, 0) is 6.07 Å². The van der Waals surface area contributed by atoms with Gasteiger partial charge in [-0.25, -0.2) is 4.79 Å². The first-order chi connectivity index (χ1) is 6.70. The number of carboxylic acid groups (broad SMARTS) is 1. The Hall–Kier alpha value is -2.04. The normalized spacial score (nSPS) is 10.4. The number of aromatic nitrogens is 3. The van der Waals surface area contributed by atoms with Gasteiger partial charge in [0.05, 0.1) is 11.9 Å². The molecule has 0 spiro atoms. The Morgan fingerprint density at radius 3 is 3.00 bits per heavy atom. The summed E-state index contributed by atoms with van der Waals surface area (Å²) in [6.45, 7) is 0. The molecule has 2 aromatic rings. The van der Waals surface area contributed by atoms with Gasteiger partial charge in [0.1, 0.15) is 5.56 Å². The minimum absolute atomic E-state index is 0.215. The van der Waals surface area contributed by atoms with E-state index < -0.39 is 5.97 Å². The van der Waals surface area contributed by atoms with E-state index in [9.17, 15) is 4.79 Å². The summed E-state index contributed by atoms with van der Waals surface area (Å²) in [5, 5.41) is 12.8. The maximum atomic E-state index is 10.9. The third-order valence-electron chi connectivity index (χ3n) is 2.04. The van der Waals surface area contributed by atoms with Crippen molar-refractivity contribution in [3.05, 3.63) is 30.2 Å². The number of carbonyl (C=O) groups is 1. The Balaban J connectivity index is 2.62. The highest BCUT2D eigenvalue weighted by Crippen LogP contribution is 2.22. The average Bonchev–Trinajstić information content (AvgIpc) is 2.71. The summed E-state index contributed by atoms with van der Waals surface area (Å²) in [5.74, 6) is -0.964. The second-order valence-corrected chi connectivity index (χ2v) is 2.94. The first-order valence-electron chi connectivity index (χ1n) is 4.08. The van der Waals surface area contributed by atoms with Gasteiger partial charge < -0.3 is 10.1 Å². The Labute approximate surface area is 80.0 Å². The number of aromatic amines is 1. The lowest BCUT2D eigenvalue weighted by atomic mass is 10.1. The van der Waals surface area contributed by atoms with E-state index in [1.165, 1.54) is 6.20 Å². The second-order valence-electron chi connectivity index (χ2n) is 2.94. The molecule has 0 fully saturated rings. The number of hydrogen-bond acceptors (Lipinski definition) is 2. The van der Waals surface area contributed by atoms with Crippen LogP contribution < -0.4 is 0 Å². The SMILES string of the molecule is Cn1ncc(C(=O)O)c1-c1cc[nH]c1. The Kier molecular flexibility index (Phi) is 1.85. The number of rotatable bonds is 2. The molecule has 0 aliphatic carbocycles. The fourth-order valence-corrected chi connectivity index (χ4v) is 1.41. The molecule has 0 saturated carbocycles. The molecule has 0 aliphatic heterocycles. The van der Waals surface area contributed by atoms with Crippen molar-refractivity contribution in [3.63, 3.8) is 0 Å². The molecule has 0 unspecified atom stereocenters. The number of nitrogens with zero attached hydrogens (tertiary/aromatic N) is 2. The Morgan fingerprint density at radius 1 is 1.64 bits per heavy atom. The van der Waals surface area contributed by atoms with Crippen LogP contribution in [0.3, 0.4) is 0 Å². The number of nitrogens with one attached hydrogen (secondary N) is 1. The average molecular weight is 191 g/mol. The van der Waals surface area contributed by atoms with Crippen molar-refractivity contribution >= 4 is 5.97 Å². The van der Waals surface area contributed by atoms with Gasteiger partial charge in [-0.15, -0.1) is 0 Å². The quantitative estimate of drug-likeness (QED) is 0.747. The maximum absolute atomic E-state index is 10.9. The standard InChI is InChI=1S/C9H9N3O2/c1-12-8(6-2-3-10-4-6)7(5-11-12)9(13)14/h2-5,10H,1H3,(H,13,14). The molecule has 0 bridgehead atoms. The van der Waals surface area contributed by atoms with E-state index in [2.05, 4.69) is 10.1 Å². The van der Waals surface area contributed by atoms with Gasteiger partial charge >= 0.3 is 5.97 Å². The Morgan fingerprint density at radius 2 is 2.43 bits per heavy atom. The van der Waals surface area contributed by atoms with Crippen molar-refractivity contribution in [1.82, 2.24) is 14.8 Å². The van der Waals surface area contributed by atoms with E-state index in [1.807, 2.05) is 6.07 Å². The van der Waals surface area contributed by atoms with E-state index >= 15 is 0 Å². The second kappa shape index (κ2) is 3.02. The molecule has 2 rings (SSSR count). The zero-order valence-electron chi connectivity index (χ0n) is 7.56. The summed E-state index contributed by atoms with van der Waals surface area (Å²) >= 11 is 0. The van der Waals surface area contributed by atoms with E-state index in [0.29, 0.717) is 5.69 Å². The molecule has 2 aromatic heterocycles. The van der Waals surface area contributed by atoms with Crippen LogP contribution in [0.25, 0.3) is 11.3 Å². The molecule has 2 N–H and O–H groups in total. The first-order valence-corrected chi connectivity index (χ1v) is 4.08. The predicted molar refractivity (Wildman–Crippen MR) is 50.0 cm³/mol. The van der Waals surface area contributed by atoms with Crippen LogP contribution in [0.4, 0.5) is 0 Å². The van der Waals surface area contributed by atoms with Crippen molar-refractivity contribution in [2.45, 2.75) is 0 Å². The van der Waals surface area contributed by atoms with E-state index in [0.717, 1.165) is 5.56 Å². The number of aryl methyl sites for hydroxylation is 1. The topological polar surface area (TPSA) is 70.9 Å². The zero-order chi connectivity index (χ0) is 10.1. The van der Waals surface area contributed by atoms with Crippen LogP contribution in [0.15, 0.2) is 24.7 Å². The molecule has 0 radical (unpaired) electrons. The highest BCUT2D eigenvalue weighted by atomic mass is 16.4. The number of H-pyrrole nitrogens is 1. The molecular weight excluding hydrogens is 182 g/mol. The minimum atomic E-state index is -0.964. The highest BCUT2D eigenvalue weighted by molar-refractivity contribution is 5.94. The summed E-state index contributed by atoms with van der Waals surface area (Å²) in [4.78, 5) is 13.7. The van der Waals surface area contributed by atoms with Crippen LogP contribution in [0, 0.1) is 0 Å². The monoisotopic (exact) mass is 191 g/mol. The summed E-state index contributed by atoms with van der Waals surface area (Å²) in [6, 6.07) is 1.81. The van der Waals surface area contributed by atoms with Crippen molar-refractivity contribution in [2.75, 3.05) is 0 Å². The van der Waals surface area contributed by atoms with Crippen LogP contribution in [0.2, 0.25) is 0 Å². The van der Waals surface area contributed by atoms with Crippen molar-refractivity contribution in [1.29, 1.82) is 0 Å². The fraction of sp³-hybridized carbons (Fsp3) is 0.111. The van der Waals surface area contributed by atoms with Gasteiger partial charge in [-0.1, -0.05) is 0 Å². The van der Waals surface area contributed by atoms with Crippen LogP contribution in [-0.2, 0) is 7.05 Å². The third kappa shape index (κ3) is 1.19. The molecule has 0 atom stereocenters. The van der Waals surface area contributed by atoms with Crippen LogP contribution >= 0.6 is 0 Å². The predicted octanol–water partition coefficient (Wildman–Crippen LogP) is 1.11. The van der Waals surface area contributed by atoms with Crippen molar-refractivity contribution in [3.8, 4) is 11.3 Å².